The first-order chi connectivity index (χ1) is 10.6. The Bertz CT molecular complexity index is 706. The van der Waals surface area contributed by atoms with Crippen LogP contribution < -0.4 is 5.32 Å². The molecule has 0 aliphatic heterocycles. The molecule has 2 rings (SSSR count). The fraction of sp³-hybridized carbons (Fsp3) is 0.118. The van der Waals surface area contributed by atoms with Crippen molar-refractivity contribution in [3.05, 3.63) is 75.8 Å². The van der Waals surface area contributed by atoms with Crippen LogP contribution in [-0.4, -0.2) is 10.8 Å². The van der Waals surface area contributed by atoms with E-state index >= 15 is 0 Å². The van der Waals surface area contributed by atoms with Gasteiger partial charge in [0.25, 0.3) is 5.69 Å². The lowest BCUT2D eigenvalue weighted by Gasteiger charge is -2.02. The Morgan fingerprint density at radius 1 is 1.23 bits per heavy atom. The molecule has 22 heavy (non-hydrogen) atoms. The maximum Gasteiger partial charge on any atom is 0.271 e. The molecule has 0 fully saturated rings. The summed E-state index contributed by atoms with van der Waals surface area (Å²) in [6.45, 7) is 2.08. The van der Waals surface area contributed by atoms with Crippen LogP contribution >= 0.6 is 0 Å². The molecule has 0 aromatic heterocycles. The highest BCUT2D eigenvalue weighted by Gasteiger charge is 2.06. The summed E-state index contributed by atoms with van der Waals surface area (Å²) in [5.74, 6) is -0.333. The molecule has 0 saturated heterocycles. The minimum Gasteiger partial charge on any atom is -0.322 e. The number of nitrogens with zero attached hydrogens (tertiary/aromatic N) is 1. The molecule has 0 saturated carbocycles. The molecule has 0 atom stereocenters. The number of non-ortho nitro benzene ring substituents is 1. The summed E-state index contributed by atoms with van der Waals surface area (Å²) in [6.07, 6.45) is 4.07. The van der Waals surface area contributed by atoms with Crippen LogP contribution in [0.15, 0.2) is 54.6 Å². The number of anilines is 1. The Kier molecular flexibility index (Phi) is 5.03. The van der Waals surface area contributed by atoms with E-state index in [9.17, 15) is 14.9 Å². The highest BCUT2D eigenvalue weighted by molar-refractivity contribution is 6.02. The number of hydrogen-bond acceptors (Lipinski definition) is 3. The van der Waals surface area contributed by atoms with Crippen molar-refractivity contribution in [1.29, 1.82) is 0 Å². The maximum absolute atomic E-state index is 11.8. The molecule has 112 valence electrons. The number of benzene rings is 2. The minimum atomic E-state index is -0.499. The quantitative estimate of drug-likeness (QED) is 0.518. The van der Waals surface area contributed by atoms with Crippen molar-refractivity contribution in [2.45, 2.75) is 13.3 Å². The minimum absolute atomic E-state index is 0.0584. The highest BCUT2D eigenvalue weighted by atomic mass is 16.6. The second kappa shape index (κ2) is 7.17. The smallest absolute Gasteiger partial charge is 0.271 e. The Morgan fingerprint density at radius 3 is 2.59 bits per heavy atom. The third-order valence-electron chi connectivity index (χ3n) is 3.14. The zero-order valence-electron chi connectivity index (χ0n) is 12.2. The van der Waals surface area contributed by atoms with Gasteiger partial charge in [-0.1, -0.05) is 37.3 Å². The van der Waals surface area contributed by atoms with Crippen LogP contribution in [0.25, 0.3) is 6.08 Å². The van der Waals surface area contributed by atoms with E-state index in [-0.39, 0.29) is 11.6 Å². The first kappa shape index (κ1) is 15.4. The first-order valence-electron chi connectivity index (χ1n) is 6.91. The van der Waals surface area contributed by atoms with Crippen molar-refractivity contribution in [1.82, 2.24) is 0 Å². The number of hydrogen-bond donors (Lipinski definition) is 1. The number of nitro benzene ring substituents is 1. The fourth-order valence-corrected chi connectivity index (χ4v) is 1.92. The molecule has 5 nitrogen and oxygen atoms in total. The molecule has 0 aliphatic rings. The second-order valence-corrected chi connectivity index (χ2v) is 4.73. The van der Waals surface area contributed by atoms with Crippen LogP contribution in [0.1, 0.15) is 18.1 Å². The molecular formula is C17H16N2O3. The lowest BCUT2D eigenvalue weighted by molar-refractivity contribution is -0.384. The van der Waals surface area contributed by atoms with Crippen molar-refractivity contribution in [3.63, 3.8) is 0 Å². The predicted molar refractivity (Wildman–Crippen MR) is 86.6 cm³/mol. The van der Waals surface area contributed by atoms with E-state index in [1.54, 1.807) is 12.1 Å². The molecule has 0 unspecified atom stereocenters. The number of aryl methyl sites for hydroxylation is 1. The van der Waals surface area contributed by atoms with Gasteiger partial charge < -0.3 is 5.32 Å². The van der Waals surface area contributed by atoms with Crippen LogP contribution in [0.4, 0.5) is 11.4 Å². The number of amides is 1. The second-order valence-electron chi connectivity index (χ2n) is 4.73. The Balaban J connectivity index is 2.01. The van der Waals surface area contributed by atoms with Crippen molar-refractivity contribution < 1.29 is 9.72 Å². The highest BCUT2D eigenvalue weighted by Crippen LogP contribution is 2.17. The molecule has 5 heteroatoms. The average molecular weight is 296 g/mol. The summed E-state index contributed by atoms with van der Waals surface area (Å²) in [7, 11) is 0. The summed E-state index contributed by atoms with van der Waals surface area (Å²) < 4.78 is 0. The van der Waals surface area contributed by atoms with Gasteiger partial charge in [-0.25, -0.2) is 0 Å². The van der Waals surface area contributed by atoms with E-state index < -0.39 is 4.92 Å². The summed E-state index contributed by atoms with van der Waals surface area (Å²) in [4.78, 5) is 22.0. The van der Waals surface area contributed by atoms with Gasteiger partial charge in [-0.05, 0) is 29.7 Å². The Morgan fingerprint density at radius 2 is 1.95 bits per heavy atom. The standard InChI is InChI=1S/C17H16N2O3/c1-2-13-6-8-14(9-7-13)10-11-17(20)18-15-4-3-5-16(12-15)19(21)22/h3-12H,2H2,1H3,(H,18,20)/b11-10+. The summed E-state index contributed by atoms with van der Waals surface area (Å²) in [5, 5.41) is 13.3. The van der Waals surface area contributed by atoms with Crippen LogP contribution in [0.3, 0.4) is 0 Å². The van der Waals surface area contributed by atoms with Crippen LogP contribution in [0, 0.1) is 10.1 Å². The lowest BCUT2D eigenvalue weighted by atomic mass is 10.1. The van der Waals surface area contributed by atoms with Crippen LogP contribution in [0.2, 0.25) is 0 Å². The molecule has 1 amide bonds. The van der Waals surface area contributed by atoms with Crippen molar-refractivity contribution in [2.75, 3.05) is 5.32 Å². The molecule has 1 N–H and O–H groups in total. The Labute approximate surface area is 128 Å². The molecule has 2 aromatic rings. The lowest BCUT2D eigenvalue weighted by Crippen LogP contribution is -2.07. The maximum atomic E-state index is 11.8. The van der Waals surface area contributed by atoms with Gasteiger partial charge in [0.1, 0.15) is 0 Å². The van der Waals surface area contributed by atoms with Crippen molar-refractivity contribution in [2.24, 2.45) is 0 Å². The molecule has 0 heterocycles. The van der Waals surface area contributed by atoms with Crippen LogP contribution in [-0.2, 0) is 11.2 Å². The molecule has 0 spiro atoms. The van der Waals surface area contributed by atoms with Gasteiger partial charge in [-0.15, -0.1) is 0 Å². The number of nitro groups is 1. The normalized spacial score (nSPS) is 10.6. The van der Waals surface area contributed by atoms with Gasteiger partial charge in [0.15, 0.2) is 0 Å². The van der Waals surface area contributed by atoms with Gasteiger partial charge in [0.2, 0.25) is 5.91 Å². The number of carbonyl (C=O) groups excluding carboxylic acids is 1. The first-order valence-corrected chi connectivity index (χ1v) is 6.91. The van der Waals surface area contributed by atoms with E-state index in [1.807, 2.05) is 24.3 Å². The van der Waals surface area contributed by atoms with Gasteiger partial charge >= 0.3 is 0 Å². The zero-order valence-corrected chi connectivity index (χ0v) is 12.2. The van der Waals surface area contributed by atoms with E-state index in [0.717, 1.165) is 12.0 Å². The Hall–Kier alpha value is -2.95. The molecule has 2 aromatic carbocycles. The molecular weight excluding hydrogens is 280 g/mol. The van der Waals surface area contributed by atoms with Gasteiger partial charge in [0.05, 0.1) is 4.92 Å². The number of rotatable bonds is 5. The largest absolute Gasteiger partial charge is 0.322 e. The van der Waals surface area contributed by atoms with E-state index in [1.165, 1.54) is 29.8 Å². The zero-order chi connectivity index (χ0) is 15.9. The molecule has 0 radical (unpaired) electrons. The van der Waals surface area contributed by atoms with Crippen molar-refractivity contribution >= 4 is 23.4 Å². The van der Waals surface area contributed by atoms with Crippen LogP contribution in [0.5, 0.6) is 0 Å². The number of carbonyl (C=O) groups is 1. The molecule has 0 aliphatic carbocycles. The summed E-state index contributed by atoms with van der Waals surface area (Å²) >= 11 is 0. The van der Waals surface area contributed by atoms with Gasteiger partial charge in [0, 0.05) is 23.9 Å². The van der Waals surface area contributed by atoms with E-state index in [2.05, 4.69) is 12.2 Å². The third-order valence-corrected chi connectivity index (χ3v) is 3.14. The van der Waals surface area contributed by atoms with Gasteiger partial charge in [-0.2, -0.15) is 0 Å². The predicted octanol–water partition coefficient (Wildman–Crippen LogP) is 3.81. The van der Waals surface area contributed by atoms with Gasteiger partial charge in [-0.3, -0.25) is 14.9 Å². The monoisotopic (exact) mass is 296 g/mol. The summed E-state index contributed by atoms with van der Waals surface area (Å²) in [5.41, 5.74) is 2.49. The van der Waals surface area contributed by atoms with Crippen molar-refractivity contribution in [3.8, 4) is 0 Å². The average Bonchev–Trinajstić information content (AvgIpc) is 2.53. The fourth-order valence-electron chi connectivity index (χ4n) is 1.92. The summed E-state index contributed by atoms with van der Waals surface area (Å²) in [6, 6.07) is 13.7. The molecule has 0 bridgehead atoms. The topological polar surface area (TPSA) is 72.2 Å². The third kappa shape index (κ3) is 4.28. The number of nitrogens with one attached hydrogen (secondary N) is 1. The SMILES string of the molecule is CCc1ccc(/C=C/C(=O)Nc2cccc([N+](=O)[O-])c2)cc1. The van der Waals surface area contributed by atoms with E-state index in [0.29, 0.717) is 5.69 Å². The van der Waals surface area contributed by atoms with E-state index in [4.69, 9.17) is 0 Å².